The number of nitrogens with two attached hydrogens (primary N) is 1. The topological polar surface area (TPSA) is 55.1 Å². The molecule has 0 radical (unpaired) electrons. The van der Waals surface area contributed by atoms with E-state index in [4.69, 9.17) is 5.73 Å². The maximum atomic E-state index is 11.2. The maximum absolute atomic E-state index is 11.2. The second-order valence-electron chi connectivity index (χ2n) is 3.01. The molecular formula is C9H20N2OS. The van der Waals surface area contributed by atoms with E-state index in [9.17, 15) is 4.79 Å². The minimum atomic E-state index is -0.333. The van der Waals surface area contributed by atoms with E-state index in [0.29, 0.717) is 6.42 Å². The number of thioether (sulfide) groups is 1. The van der Waals surface area contributed by atoms with Crippen LogP contribution in [0.25, 0.3) is 0 Å². The van der Waals surface area contributed by atoms with Crippen LogP contribution in [0.2, 0.25) is 0 Å². The van der Waals surface area contributed by atoms with Gasteiger partial charge < -0.3 is 11.1 Å². The van der Waals surface area contributed by atoms with Gasteiger partial charge in [-0.2, -0.15) is 11.8 Å². The van der Waals surface area contributed by atoms with Crippen LogP contribution in [0.4, 0.5) is 0 Å². The van der Waals surface area contributed by atoms with Crippen molar-refractivity contribution in [3.63, 3.8) is 0 Å². The highest BCUT2D eigenvalue weighted by Gasteiger charge is 2.08. The predicted octanol–water partition coefficient (Wildman–Crippen LogP) is 0.983. The number of nitrogens with one attached hydrogen (secondary N) is 1. The standard InChI is InChI=1S/C9H20N2OS/c1-3-8(10)9(12)11-6-4-5-7-13-2/h8H,3-7,10H2,1-2H3,(H,11,12)/t8-/m0/s1. The van der Waals surface area contributed by atoms with Crippen LogP contribution >= 0.6 is 11.8 Å². The summed E-state index contributed by atoms with van der Waals surface area (Å²) in [5.41, 5.74) is 5.54. The first-order valence-corrected chi connectivity index (χ1v) is 6.14. The number of carbonyl (C=O) groups is 1. The molecule has 1 amide bonds. The van der Waals surface area contributed by atoms with Crippen LogP contribution in [0.3, 0.4) is 0 Å². The van der Waals surface area contributed by atoms with E-state index in [1.54, 1.807) is 0 Å². The lowest BCUT2D eigenvalue weighted by Gasteiger charge is -2.09. The molecule has 0 saturated carbocycles. The highest BCUT2D eigenvalue weighted by Crippen LogP contribution is 1.97. The van der Waals surface area contributed by atoms with Crippen LogP contribution in [-0.4, -0.2) is 30.5 Å². The summed E-state index contributed by atoms with van der Waals surface area (Å²) in [6.07, 6.45) is 4.99. The molecule has 0 aromatic heterocycles. The Morgan fingerprint density at radius 3 is 2.77 bits per heavy atom. The number of hydrogen-bond acceptors (Lipinski definition) is 3. The number of hydrogen-bond donors (Lipinski definition) is 2. The van der Waals surface area contributed by atoms with Crippen molar-refractivity contribution in [2.75, 3.05) is 18.6 Å². The summed E-state index contributed by atoms with van der Waals surface area (Å²) in [7, 11) is 0. The van der Waals surface area contributed by atoms with Crippen molar-refractivity contribution in [3.05, 3.63) is 0 Å². The van der Waals surface area contributed by atoms with Gasteiger partial charge in [-0.3, -0.25) is 4.79 Å². The van der Waals surface area contributed by atoms with Gasteiger partial charge in [0.2, 0.25) is 5.91 Å². The Kier molecular flexibility index (Phi) is 8.24. The van der Waals surface area contributed by atoms with Gasteiger partial charge in [0.15, 0.2) is 0 Å². The molecule has 0 spiro atoms. The van der Waals surface area contributed by atoms with Crippen molar-refractivity contribution < 1.29 is 4.79 Å². The minimum absolute atomic E-state index is 0.0216. The average molecular weight is 204 g/mol. The largest absolute Gasteiger partial charge is 0.355 e. The smallest absolute Gasteiger partial charge is 0.236 e. The first-order valence-electron chi connectivity index (χ1n) is 4.74. The van der Waals surface area contributed by atoms with Gasteiger partial charge in [-0.25, -0.2) is 0 Å². The number of amides is 1. The van der Waals surface area contributed by atoms with Gasteiger partial charge in [-0.15, -0.1) is 0 Å². The van der Waals surface area contributed by atoms with Crippen LogP contribution in [0.1, 0.15) is 26.2 Å². The van der Waals surface area contributed by atoms with Gasteiger partial charge in [0, 0.05) is 6.54 Å². The molecule has 4 heteroatoms. The molecule has 0 fully saturated rings. The fourth-order valence-electron chi connectivity index (χ4n) is 0.899. The highest BCUT2D eigenvalue weighted by atomic mass is 32.2. The number of unbranched alkanes of at least 4 members (excludes halogenated alkanes) is 1. The Balaban J connectivity index is 3.27. The van der Waals surface area contributed by atoms with Crippen molar-refractivity contribution in [1.82, 2.24) is 5.32 Å². The Hall–Kier alpha value is -0.220. The Bertz CT molecular complexity index is 142. The quantitative estimate of drug-likeness (QED) is 0.608. The highest BCUT2D eigenvalue weighted by molar-refractivity contribution is 7.98. The summed E-state index contributed by atoms with van der Waals surface area (Å²) in [5.74, 6) is 1.14. The van der Waals surface area contributed by atoms with Crippen molar-refractivity contribution >= 4 is 17.7 Å². The van der Waals surface area contributed by atoms with Crippen LogP contribution in [-0.2, 0) is 4.79 Å². The summed E-state index contributed by atoms with van der Waals surface area (Å²) in [4.78, 5) is 11.2. The molecule has 0 saturated heterocycles. The van der Waals surface area contributed by atoms with Crippen molar-refractivity contribution in [3.8, 4) is 0 Å². The molecular weight excluding hydrogens is 184 g/mol. The summed E-state index contributed by atoms with van der Waals surface area (Å²) >= 11 is 1.83. The number of carbonyl (C=O) groups excluding carboxylic acids is 1. The zero-order chi connectivity index (χ0) is 10.1. The molecule has 0 aliphatic rings. The fraction of sp³-hybridized carbons (Fsp3) is 0.889. The van der Waals surface area contributed by atoms with Gasteiger partial charge >= 0.3 is 0 Å². The van der Waals surface area contributed by atoms with Gasteiger partial charge in [0.25, 0.3) is 0 Å². The molecule has 3 N–H and O–H groups in total. The van der Waals surface area contributed by atoms with Crippen molar-refractivity contribution in [1.29, 1.82) is 0 Å². The van der Waals surface area contributed by atoms with Crippen LogP contribution in [0.15, 0.2) is 0 Å². The molecule has 13 heavy (non-hydrogen) atoms. The molecule has 78 valence electrons. The van der Waals surface area contributed by atoms with E-state index in [-0.39, 0.29) is 11.9 Å². The molecule has 0 aliphatic carbocycles. The molecule has 0 rings (SSSR count). The molecule has 0 unspecified atom stereocenters. The second kappa shape index (κ2) is 8.38. The van der Waals surface area contributed by atoms with Crippen molar-refractivity contribution in [2.45, 2.75) is 32.2 Å². The Morgan fingerprint density at radius 1 is 1.54 bits per heavy atom. The van der Waals surface area contributed by atoms with Crippen LogP contribution in [0.5, 0.6) is 0 Å². The van der Waals surface area contributed by atoms with E-state index in [1.165, 1.54) is 0 Å². The first-order chi connectivity index (χ1) is 6.22. The molecule has 0 aliphatic heterocycles. The summed E-state index contributed by atoms with van der Waals surface area (Å²) < 4.78 is 0. The minimum Gasteiger partial charge on any atom is -0.355 e. The third kappa shape index (κ3) is 6.90. The van der Waals surface area contributed by atoms with Gasteiger partial charge in [0.1, 0.15) is 0 Å². The fourth-order valence-corrected chi connectivity index (χ4v) is 1.39. The molecule has 1 atom stereocenters. The lowest BCUT2D eigenvalue weighted by molar-refractivity contribution is -0.122. The monoisotopic (exact) mass is 204 g/mol. The van der Waals surface area contributed by atoms with Crippen LogP contribution < -0.4 is 11.1 Å². The summed E-state index contributed by atoms with van der Waals surface area (Å²) in [5, 5.41) is 2.82. The zero-order valence-corrected chi connectivity index (χ0v) is 9.32. The van der Waals surface area contributed by atoms with Gasteiger partial charge in [-0.1, -0.05) is 6.92 Å². The summed E-state index contributed by atoms with van der Waals surface area (Å²) in [6, 6.07) is -0.333. The lowest BCUT2D eigenvalue weighted by Crippen LogP contribution is -2.40. The molecule has 0 heterocycles. The molecule has 0 aromatic carbocycles. The van der Waals surface area contributed by atoms with Crippen LogP contribution in [0, 0.1) is 0 Å². The molecule has 0 bridgehead atoms. The van der Waals surface area contributed by atoms with E-state index in [2.05, 4.69) is 11.6 Å². The van der Waals surface area contributed by atoms with E-state index in [0.717, 1.165) is 25.1 Å². The van der Waals surface area contributed by atoms with E-state index >= 15 is 0 Å². The third-order valence-corrected chi connectivity index (χ3v) is 2.55. The third-order valence-electron chi connectivity index (χ3n) is 1.85. The van der Waals surface area contributed by atoms with Gasteiger partial charge in [0.05, 0.1) is 6.04 Å². The van der Waals surface area contributed by atoms with E-state index < -0.39 is 0 Å². The van der Waals surface area contributed by atoms with Gasteiger partial charge in [-0.05, 0) is 31.3 Å². The lowest BCUT2D eigenvalue weighted by atomic mass is 10.2. The molecule has 0 aromatic rings. The predicted molar refractivity (Wildman–Crippen MR) is 58.9 cm³/mol. The molecule has 3 nitrogen and oxygen atoms in total. The number of rotatable bonds is 7. The summed E-state index contributed by atoms with van der Waals surface area (Å²) in [6.45, 7) is 2.67. The Labute approximate surface area is 84.8 Å². The van der Waals surface area contributed by atoms with E-state index in [1.807, 2.05) is 18.7 Å². The van der Waals surface area contributed by atoms with Crippen molar-refractivity contribution in [2.24, 2.45) is 5.73 Å². The second-order valence-corrected chi connectivity index (χ2v) is 3.99. The average Bonchev–Trinajstić information content (AvgIpc) is 2.16. The normalized spacial score (nSPS) is 12.5. The zero-order valence-electron chi connectivity index (χ0n) is 8.51. The maximum Gasteiger partial charge on any atom is 0.236 e. The SMILES string of the molecule is CC[C@H](N)C(=O)NCCCCSC. The first kappa shape index (κ1) is 12.8. The Morgan fingerprint density at radius 2 is 2.23 bits per heavy atom.